The molecule has 42 heteroatoms. The molecule has 1 aromatic rings. The lowest BCUT2D eigenvalue weighted by Gasteiger charge is -2.53. The van der Waals surface area contributed by atoms with Crippen molar-refractivity contribution in [2.45, 2.75) is 278 Å². The van der Waals surface area contributed by atoms with Crippen LogP contribution in [0.2, 0.25) is 0 Å². The van der Waals surface area contributed by atoms with Crippen LogP contribution in [0, 0.1) is 11.3 Å². The van der Waals surface area contributed by atoms with E-state index in [9.17, 15) is 4.79 Å². The molecule has 31 fully saturated rings. The van der Waals surface area contributed by atoms with E-state index < -0.39 is 246 Å². The summed E-state index contributed by atoms with van der Waals surface area (Å²) in [5.74, 6) is 0.284. The first-order chi connectivity index (χ1) is 62.8. The molecular weight excluding hydrogens is 1710 g/mol. The minimum atomic E-state index is -1.25. The molecule has 40 atom stereocenters. The molecule has 0 unspecified atom stereocenters. The van der Waals surface area contributed by atoms with Crippen molar-refractivity contribution in [3.05, 3.63) is 41.0 Å². The normalized spacial score (nSPS) is 42.5. The van der Waals surface area contributed by atoms with E-state index in [-0.39, 0.29) is 58.6 Å². The molecule has 0 amide bonds. The fraction of sp³-hybridized carbons (Fsp3) is 0.885. The van der Waals surface area contributed by atoms with Gasteiger partial charge in [-0.2, -0.15) is 5.26 Å². The molecule has 30 aliphatic heterocycles. The molecule has 16 bridgehead atoms. The van der Waals surface area contributed by atoms with Crippen LogP contribution in [0.25, 0.3) is 6.08 Å². The van der Waals surface area contributed by atoms with Crippen LogP contribution in [0.1, 0.15) is 43.2 Å². The molecule has 1 saturated carbocycles. The van der Waals surface area contributed by atoms with E-state index >= 15 is 0 Å². The second-order valence-electron chi connectivity index (χ2n) is 32.4. The van der Waals surface area contributed by atoms with Crippen LogP contribution in [0.4, 0.5) is 0 Å². The molecule has 30 saturated heterocycles. The van der Waals surface area contributed by atoms with Gasteiger partial charge in [0.15, 0.2) is 56.1 Å². The van der Waals surface area contributed by atoms with Gasteiger partial charge in [-0.05, 0) is 48.6 Å². The summed E-state index contributed by atoms with van der Waals surface area (Å²) in [5.41, 5.74) is 2.60. The molecule has 0 radical (unpaired) electrons. The number of benzene rings is 1. The third kappa shape index (κ3) is 25.2. The van der Waals surface area contributed by atoms with Gasteiger partial charge in [0.25, 0.3) is 0 Å². The number of rotatable bonds is 33. The number of carbonyl (C=O) groups is 1. The van der Waals surface area contributed by atoms with Gasteiger partial charge in [0.05, 0.1) is 64.5 Å². The third-order valence-electron chi connectivity index (χ3n) is 25.2. The zero-order valence-corrected chi connectivity index (χ0v) is 78.9. The summed E-state index contributed by atoms with van der Waals surface area (Å²) in [4.78, 5) is 11.8. The SMILES string of the molecule is COC[C@H]1O[C@@H]2O[C@H]3[C@H](OC)[C@@H](OC)[C@@H](O[C@H]4[C@H](OC)[C@@H](OC)[C@@H](O[C@H]5[C@H](OC)[C@@H](OC)[C@@H](O[C@H]6[C@H](OC)[C@@H](OC)[C@@H](O[C@H]7[C@H](OC)[C@@H](OC)[C@@H](O[C@H]8[C@H](OC)[C@@H](OC)[C@@H](O[C@H]9[C@H](OC)[C@@H](OC)[C@@H](O[C@H]1[C@H](OC)[C@H]2OC)O[C@@H]9COC)O[C@@H]8COC)O[C@@H]7COC)O[C@@H]6COC)O[C@@H]5COC)O[C@@H]4COC)O[C@@H]3COC.N#Cc1ccc(/C=C2/CCCCCC2=O)cc1. The van der Waals surface area contributed by atoms with Crippen LogP contribution < -0.4 is 0 Å². The van der Waals surface area contributed by atoms with Crippen LogP contribution in [-0.2, 0) is 194 Å². The number of nitriles is 1. The van der Waals surface area contributed by atoms with Crippen molar-refractivity contribution in [2.75, 3.05) is 223 Å². The van der Waals surface area contributed by atoms with Crippen LogP contribution in [0.3, 0.4) is 0 Å². The van der Waals surface area contributed by atoms with Gasteiger partial charge >= 0.3 is 0 Å². The van der Waals surface area contributed by atoms with Crippen LogP contribution in [0.5, 0.6) is 0 Å². The zero-order valence-electron chi connectivity index (χ0n) is 78.9. The average Bonchev–Trinajstić information content (AvgIpc) is 0.835. The second kappa shape index (κ2) is 54.0. The number of nitrogens with zero attached hydrogens (tertiary/aromatic N) is 1. The number of Topliss-reactive ketones (excluding diaryl/α,β-unsaturated/α-hetero) is 1. The van der Waals surface area contributed by atoms with Crippen molar-refractivity contribution in [2.24, 2.45) is 0 Å². The largest absolute Gasteiger partial charge is 0.382 e. The first-order valence-electron chi connectivity index (χ1n) is 43.4. The van der Waals surface area contributed by atoms with Crippen LogP contribution in [0.15, 0.2) is 29.8 Å². The number of carbonyl (C=O) groups excluding carboxylic acids is 1. The number of ketones is 1. The predicted molar refractivity (Wildman–Crippen MR) is 443 cm³/mol. The molecule has 0 N–H and O–H groups in total. The van der Waals surface area contributed by atoms with E-state index in [1.165, 1.54) is 171 Å². The Hall–Kier alpha value is -3.48. The number of ether oxygens (including phenoxy) is 40. The standard InChI is InChI=1S/C72H128O40.C15H15NO/c1-73-25-33-41-49(81-9)57(89-17)65(97-33)106-42-34(26-74-2)99-67(59(91-19)50(42)82-10)108-44-36(28-76-4)101-69(61(93-21)52(44)84-12)110-46-38(30-78-6)103-71(63(95-23)54(46)86-14)112-48-40(32-80-8)104-72(64(96-24)56(48)88-16)111-47-39(31-79-7)102-70(62(94-22)55(47)87-15)109-45-37(29-77-5)100-68(60(92-20)53(45)85-13)107-43-35(27-75-3)98-66(105-41)58(90-18)51(43)83-11;16-11-13-8-6-12(7-9-13)10-14-4-2-1-3-5-15(14)17/h33-72H,25-32H2,1-24H3;6-10H,1-5H2/b;14-10-/t33-,34-,35-,36-,37-,38-,39-,40-,41-,42-,43-,44-,45-,46-,47-,48-,49+,50+,51+,52+,53+,54+,55+,56+,57-,58-,59-,60-,61-,62-,63-,64-,65-,66-,67-,68-,69-,70-,71-,72-;/m1./s1. The van der Waals surface area contributed by atoms with Gasteiger partial charge < -0.3 is 189 Å². The lowest BCUT2D eigenvalue weighted by Crippen LogP contribution is -2.70. The van der Waals surface area contributed by atoms with E-state index in [0.717, 1.165) is 36.8 Å². The van der Waals surface area contributed by atoms with Crippen molar-refractivity contribution in [1.82, 2.24) is 0 Å². The summed E-state index contributed by atoms with van der Waals surface area (Å²) in [6, 6.07) is 9.44. The summed E-state index contributed by atoms with van der Waals surface area (Å²) < 4.78 is 260. The molecule has 30 heterocycles. The van der Waals surface area contributed by atoms with Crippen molar-refractivity contribution < 1.29 is 194 Å². The Labute approximate surface area is 756 Å². The quantitative estimate of drug-likeness (QED) is 0.0714. The van der Waals surface area contributed by atoms with E-state index in [1.807, 2.05) is 18.2 Å². The average molecular weight is 1860 g/mol. The molecule has 32 rings (SSSR count). The summed E-state index contributed by atoms with van der Waals surface area (Å²) in [6.45, 7) is -0.478. The molecule has 31 aliphatic rings. The Morgan fingerprint density at radius 2 is 0.419 bits per heavy atom. The van der Waals surface area contributed by atoms with Crippen molar-refractivity contribution in [3.8, 4) is 6.07 Å². The first kappa shape index (κ1) is 108. The number of hydrogen-bond donors (Lipinski definition) is 0. The van der Waals surface area contributed by atoms with Gasteiger partial charge in [-0.25, -0.2) is 0 Å². The number of allylic oxidation sites excluding steroid dienone is 1. The molecular formula is C87H143NO41. The highest BCUT2D eigenvalue weighted by Crippen LogP contribution is 2.45. The Bertz CT molecular complexity index is 2890. The molecule has 0 spiro atoms. The number of hydrogen-bond acceptors (Lipinski definition) is 42. The monoisotopic (exact) mass is 1860 g/mol. The maximum atomic E-state index is 11.8. The smallest absolute Gasteiger partial charge is 0.187 e. The highest BCUT2D eigenvalue weighted by atomic mass is 16.8. The highest BCUT2D eigenvalue weighted by Gasteiger charge is 2.63. The molecule has 1 aromatic carbocycles. The van der Waals surface area contributed by atoms with Crippen LogP contribution >= 0.6 is 0 Å². The Balaban J connectivity index is 0.000000906. The predicted octanol–water partition coefficient (Wildman–Crippen LogP) is 1.77. The summed E-state index contributed by atoms with van der Waals surface area (Å²) in [7, 11) is 36.1. The zero-order chi connectivity index (χ0) is 93.1. The fourth-order valence-electron chi connectivity index (χ4n) is 19.1. The molecule has 1 aliphatic carbocycles. The van der Waals surface area contributed by atoms with E-state index in [0.29, 0.717) is 12.0 Å². The van der Waals surface area contributed by atoms with Crippen molar-refractivity contribution in [1.29, 1.82) is 5.26 Å². The van der Waals surface area contributed by atoms with E-state index in [2.05, 4.69) is 6.07 Å². The fourth-order valence-corrected chi connectivity index (χ4v) is 19.1. The van der Waals surface area contributed by atoms with Crippen LogP contribution in [-0.4, -0.2) is 475 Å². The topological polar surface area (TPSA) is 410 Å². The summed E-state index contributed by atoms with van der Waals surface area (Å²) >= 11 is 0. The number of methoxy groups -OCH3 is 24. The van der Waals surface area contributed by atoms with Gasteiger partial charge in [-0.15, -0.1) is 0 Å². The summed E-state index contributed by atoms with van der Waals surface area (Å²) in [5, 5.41) is 8.71. The minimum absolute atomic E-state index is 0.0598. The Morgan fingerprint density at radius 1 is 0.248 bits per heavy atom. The molecule has 0 aromatic heterocycles. The summed E-state index contributed by atoms with van der Waals surface area (Å²) in [6.07, 6.45) is -35.4. The minimum Gasteiger partial charge on any atom is -0.382 e. The first-order valence-corrected chi connectivity index (χ1v) is 43.4. The third-order valence-corrected chi connectivity index (χ3v) is 25.2. The highest BCUT2D eigenvalue weighted by molar-refractivity contribution is 5.99. The van der Waals surface area contributed by atoms with Gasteiger partial charge in [-0.3, -0.25) is 4.79 Å². The van der Waals surface area contributed by atoms with E-state index in [1.54, 1.807) is 12.1 Å². The van der Waals surface area contributed by atoms with E-state index in [4.69, 9.17) is 195 Å². The Morgan fingerprint density at radius 3 is 0.574 bits per heavy atom. The van der Waals surface area contributed by atoms with Crippen molar-refractivity contribution >= 4 is 11.9 Å². The van der Waals surface area contributed by atoms with Gasteiger partial charge in [0, 0.05) is 177 Å². The molecule has 42 nitrogen and oxygen atoms in total. The van der Waals surface area contributed by atoms with Gasteiger partial charge in [-0.1, -0.05) is 18.6 Å². The van der Waals surface area contributed by atoms with Gasteiger partial charge in [0.2, 0.25) is 0 Å². The maximum absolute atomic E-state index is 11.8. The van der Waals surface area contributed by atoms with Crippen molar-refractivity contribution in [3.63, 3.8) is 0 Å². The maximum Gasteiger partial charge on any atom is 0.187 e. The van der Waals surface area contributed by atoms with Gasteiger partial charge in [0.1, 0.15) is 195 Å². The molecule has 129 heavy (non-hydrogen) atoms. The molecule has 742 valence electrons. The lowest BCUT2D eigenvalue weighted by atomic mass is 9.94. The Kier molecular flexibility index (Phi) is 45.0. The second-order valence-corrected chi connectivity index (χ2v) is 32.4. The lowest BCUT2D eigenvalue weighted by molar-refractivity contribution is -0.410.